The molecule has 0 spiro atoms. The summed E-state index contributed by atoms with van der Waals surface area (Å²) in [6.07, 6.45) is 14.4. The van der Waals surface area contributed by atoms with Crippen molar-refractivity contribution in [3.05, 3.63) is 29.8 Å². The fraction of sp³-hybridized carbons (Fsp3) is 0.727. The van der Waals surface area contributed by atoms with Crippen molar-refractivity contribution < 1.29 is 9.84 Å². The normalized spacial score (nSPS) is 22.4. The fourth-order valence-electron chi connectivity index (χ4n) is 4.86. The van der Waals surface area contributed by atoms with Gasteiger partial charge in [0.2, 0.25) is 0 Å². The molecule has 0 aliphatic heterocycles. The molecule has 2 nitrogen and oxygen atoms in total. The molecule has 2 aliphatic rings. The smallest absolute Gasteiger partial charge is 0.115 e. The van der Waals surface area contributed by atoms with Crippen LogP contribution in [-0.2, 0) is 11.2 Å². The number of hydrogen-bond acceptors (Lipinski definition) is 2. The predicted molar refractivity (Wildman–Crippen MR) is 99.4 cm³/mol. The molecular formula is C22H34O2. The Balaban J connectivity index is 1.78. The standard InChI is InChI=1S/C22H34O2/c1-21(2,17-18-11-13-19(23)14-12-18)22(15-7-4-8-16-22)24-20-9-5-3-6-10-20/h11-14,20,23H,3-10,15-17H2,1-2H3. The van der Waals surface area contributed by atoms with Crippen LogP contribution in [0.2, 0.25) is 0 Å². The minimum Gasteiger partial charge on any atom is -0.508 e. The molecule has 0 bridgehead atoms. The Kier molecular flexibility index (Phi) is 5.54. The molecule has 0 heterocycles. The third-order valence-electron chi connectivity index (χ3n) is 6.42. The first-order chi connectivity index (χ1) is 11.5. The molecule has 2 aliphatic carbocycles. The van der Waals surface area contributed by atoms with Gasteiger partial charge >= 0.3 is 0 Å². The summed E-state index contributed by atoms with van der Waals surface area (Å²) in [5.74, 6) is 0.349. The topological polar surface area (TPSA) is 29.5 Å². The lowest BCUT2D eigenvalue weighted by atomic mass is 9.64. The molecule has 2 heteroatoms. The second-order valence-electron chi connectivity index (χ2n) is 8.66. The van der Waals surface area contributed by atoms with Crippen molar-refractivity contribution >= 4 is 0 Å². The van der Waals surface area contributed by atoms with Crippen molar-refractivity contribution in [3.8, 4) is 5.75 Å². The first kappa shape index (κ1) is 17.8. The Morgan fingerprint density at radius 3 is 2.17 bits per heavy atom. The molecule has 0 saturated heterocycles. The summed E-state index contributed by atoms with van der Waals surface area (Å²) in [7, 11) is 0. The second-order valence-corrected chi connectivity index (χ2v) is 8.66. The molecule has 0 unspecified atom stereocenters. The highest BCUT2D eigenvalue weighted by Crippen LogP contribution is 2.48. The van der Waals surface area contributed by atoms with Crippen LogP contribution in [0.25, 0.3) is 0 Å². The minimum atomic E-state index is 0.0190. The van der Waals surface area contributed by atoms with Gasteiger partial charge < -0.3 is 9.84 Å². The zero-order chi connectivity index (χ0) is 17.0. The molecule has 0 aromatic heterocycles. The average Bonchev–Trinajstić information content (AvgIpc) is 2.58. The third-order valence-corrected chi connectivity index (χ3v) is 6.42. The number of phenols is 1. The Hall–Kier alpha value is -1.02. The van der Waals surface area contributed by atoms with E-state index in [9.17, 15) is 5.11 Å². The van der Waals surface area contributed by atoms with Crippen molar-refractivity contribution in [1.29, 1.82) is 0 Å². The monoisotopic (exact) mass is 330 g/mol. The van der Waals surface area contributed by atoms with Gasteiger partial charge in [0.05, 0.1) is 11.7 Å². The first-order valence-electron chi connectivity index (χ1n) is 9.97. The lowest BCUT2D eigenvalue weighted by Crippen LogP contribution is -2.51. The molecule has 1 N–H and O–H groups in total. The zero-order valence-corrected chi connectivity index (χ0v) is 15.5. The van der Waals surface area contributed by atoms with Gasteiger partial charge in [0.1, 0.15) is 5.75 Å². The van der Waals surface area contributed by atoms with Crippen molar-refractivity contribution in [2.24, 2.45) is 5.41 Å². The van der Waals surface area contributed by atoms with Crippen LogP contribution in [0.15, 0.2) is 24.3 Å². The highest BCUT2D eigenvalue weighted by atomic mass is 16.5. The Labute approximate surface area is 147 Å². The molecule has 24 heavy (non-hydrogen) atoms. The van der Waals surface area contributed by atoms with Gasteiger partial charge in [0.15, 0.2) is 0 Å². The van der Waals surface area contributed by atoms with Crippen LogP contribution in [0.1, 0.15) is 83.6 Å². The number of aromatic hydroxyl groups is 1. The van der Waals surface area contributed by atoms with Crippen molar-refractivity contribution in [2.75, 3.05) is 0 Å². The largest absolute Gasteiger partial charge is 0.508 e. The summed E-state index contributed by atoms with van der Waals surface area (Å²) < 4.78 is 6.93. The Morgan fingerprint density at radius 2 is 1.54 bits per heavy atom. The van der Waals surface area contributed by atoms with Gasteiger partial charge in [-0.05, 0) is 55.2 Å². The van der Waals surface area contributed by atoms with E-state index >= 15 is 0 Å². The molecule has 1 aromatic carbocycles. The lowest BCUT2D eigenvalue weighted by molar-refractivity contribution is -0.182. The maximum Gasteiger partial charge on any atom is 0.115 e. The van der Waals surface area contributed by atoms with E-state index in [0.717, 1.165) is 6.42 Å². The van der Waals surface area contributed by atoms with Crippen LogP contribution in [0, 0.1) is 5.41 Å². The van der Waals surface area contributed by atoms with E-state index in [1.165, 1.54) is 69.8 Å². The van der Waals surface area contributed by atoms with E-state index in [1.54, 1.807) is 12.1 Å². The fourth-order valence-corrected chi connectivity index (χ4v) is 4.86. The Morgan fingerprint density at radius 1 is 0.958 bits per heavy atom. The van der Waals surface area contributed by atoms with E-state index < -0.39 is 0 Å². The van der Waals surface area contributed by atoms with E-state index in [2.05, 4.69) is 26.0 Å². The molecule has 3 rings (SSSR count). The average molecular weight is 331 g/mol. The van der Waals surface area contributed by atoms with Crippen LogP contribution >= 0.6 is 0 Å². The van der Waals surface area contributed by atoms with Crippen molar-refractivity contribution in [2.45, 2.75) is 96.2 Å². The molecular weight excluding hydrogens is 296 g/mol. The van der Waals surface area contributed by atoms with E-state index in [1.807, 2.05) is 0 Å². The summed E-state index contributed by atoms with van der Waals surface area (Å²) in [5.41, 5.74) is 1.43. The van der Waals surface area contributed by atoms with Gasteiger partial charge in [0, 0.05) is 0 Å². The highest BCUT2D eigenvalue weighted by molar-refractivity contribution is 5.27. The van der Waals surface area contributed by atoms with Crippen molar-refractivity contribution in [3.63, 3.8) is 0 Å². The van der Waals surface area contributed by atoms with Crippen LogP contribution in [0.4, 0.5) is 0 Å². The van der Waals surface area contributed by atoms with Crippen molar-refractivity contribution in [1.82, 2.24) is 0 Å². The van der Waals surface area contributed by atoms with Crippen LogP contribution in [0.5, 0.6) is 5.75 Å². The molecule has 0 atom stereocenters. The van der Waals surface area contributed by atoms with Gasteiger partial charge in [0.25, 0.3) is 0 Å². The Bertz CT molecular complexity index is 505. The summed E-state index contributed by atoms with van der Waals surface area (Å²) in [4.78, 5) is 0. The number of rotatable bonds is 5. The molecule has 0 radical (unpaired) electrons. The predicted octanol–water partition coefficient (Wildman–Crippen LogP) is 6.01. The highest BCUT2D eigenvalue weighted by Gasteiger charge is 2.47. The number of ether oxygens (including phenoxy) is 1. The second kappa shape index (κ2) is 7.47. The molecule has 0 amide bonds. The van der Waals surface area contributed by atoms with E-state index in [4.69, 9.17) is 4.74 Å². The number of phenolic OH excluding ortho intramolecular Hbond substituents is 1. The maximum absolute atomic E-state index is 9.55. The van der Waals surface area contributed by atoms with Gasteiger partial charge in [-0.2, -0.15) is 0 Å². The van der Waals surface area contributed by atoms with Gasteiger partial charge in [-0.25, -0.2) is 0 Å². The van der Waals surface area contributed by atoms with Crippen LogP contribution in [0.3, 0.4) is 0 Å². The number of benzene rings is 1. The lowest BCUT2D eigenvalue weighted by Gasteiger charge is -2.51. The van der Waals surface area contributed by atoms with Crippen LogP contribution in [-0.4, -0.2) is 16.8 Å². The summed E-state index contributed by atoms with van der Waals surface area (Å²) in [5, 5.41) is 9.55. The summed E-state index contributed by atoms with van der Waals surface area (Å²) in [6.45, 7) is 4.79. The molecule has 2 saturated carbocycles. The zero-order valence-electron chi connectivity index (χ0n) is 15.5. The number of hydrogen-bond donors (Lipinski definition) is 1. The van der Waals surface area contributed by atoms with E-state index in [0.29, 0.717) is 11.9 Å². The maximum atomic E-state index is 9.55. The minimum absolute atomic E-state index is 0.0190. The summed E-state index contributed by atoms with van der Waals surface area (Å²) >= 11 is 0. The van der Waals surface area contributed by atoms with Gasteiger partial charge in [-0.15, -0.1) is 0 Å². The first-order valence-corrected chi connectivity index (χ1v) is 9.97. The van der Waals surface area contributed by atoms with Crippen LogP contribution < -0.4 is 0 Å². The van der Waals surface area contributed by atoms with Gasteiger partial charge in [-0.3, -0.25) is 0 Å². The molecule has 134 valence electrons. The quantitative estimate of drug-likeness (QED) is 0.716. The SMILES string of the molecule is CC(C)(Cc1ccc(O)cc1)C1(OC2CCCCC2)CCCCC1. The molecule has 2 fully saturated rings. The third kappa shape index (κ3) is 3.96. The molecule has 1 aromatic rings. The summed E-state index contributed by atoms with van der Waals surface area (Å²) in [6, 6.07) is 7.74. The van der Waals surface area contributed by atoms with Gasteiger partial charge in [-0.1, -0.05) is 64.5 Å². The van der Waals surface area contributed by atoms with E-state index in [-0.39, 0.29) is 11.0 Å².